The minimum atomic E-state index is 0.806. The lowest BCUT2D eigenvalue weighted by atomic mass is 10.2. The summed E-state index contributed by atoms with van der Waals surface area (Å²) < 4.78 is 2.21. The van der Waals surface area contributed by atoms with Gasteiger partial charge in [0.2, 0.25) is 0 Å². The summed E-state index contributed by atoms with van der Waals surface area (Å²) >= 11 is 0. The number of hydrogen-bond donors (Lipinski definition) is 1. The van der Waals surface area contributed by atoms with Crippen LogP contribution in [0, 0.1) is 6.92 Å². The van der Waals surface area contributed by atoms with Crippen LogP contribution >= 0.6 is 0 Å². The van der Waals surface area contributed by atoms with Gasteiger partial charge in [-0.25, -0.2) is 9.97 Å². The van der Waals surface area contributed by atoms with Crippen LogP contribution in [0.1, 0.15) is 18.3 Å². The zero-order valence-electron chi connectivity index (χ0n) is 11.8. The summed E-state index contributed by atoms with van der Waals surface area (Å²) in [7, 11) is 0. The molecule has 3 rings (SSSR count). The van der Waals surface area contributed by atoms with E-state index in [-0.39, 0.29) is 0 Å². The van der Waals surface area contributed by atoms with Gasteiger partial charge >= 0.3 is 0 Å². The number of nitrogens with one attached hydrogen (secondary N) is 1. The van der Waals surface area contributed by atoms with Crippen LogP contribution in [-0.4, -0.2) is 21.1 Å². The summed E-state index contributed by atoms with van der Waals surface area (Å²) in [5.41, 5.74) is 4.18. The highest BCUT2D eigenvalue weighted by Crippen LogP contribution is 2.19. The fourth-order valence-electron chi connectivity index (χ4n) is 2.39. The van der Waals surface area contributed by atoms with E-state index in [0.29, 0.717) is 0 Å². The van der Waals surface area contributed by atoms with Gasteiger partial charge in [0.1, 0.15) is 5.82 Å². The van der Waals surface area contributed by atoms with Crippen LogP contribution < -0.4 is 5.32 Å². The van der Waals surface area contributed by atoms with Crippen LogP contribution in [0.5, 0.6) is 0 Å². The number of nitrogens with zero attached hydrogens (tertiary/aromatic N) is 3. The Morgan fingerprint density at radius 1 is 1.20 bits per heavy atom. The number of aromatic nitrogens is 3. The molecule has 4 nitrogen and oxygen atoms in total. The molecule has 4 heteroatoms. The van der Waals surface area contributed by atoms with Crippen molar-refractivity contribution in [3.8, 4) is 0 Å². The molecular formula is C16H18N4. The highest BCUT2D eigenvalue weighted by Gasteiger charge is 2.09. The molecule has 0 unspecified atom stereocenters. The molecular weight excluding hydrogens is 248 g/mol. The van der Waals surface area contributed by atoms with Crippen molar-refractivity contribution in [1.29, 1.82) is 0 Å². The predicted molar refractivity (Wildman–Crippen MR) is 82.0 cm³/mol. The third kappa shape index (κ3) is 2.37. The van der Waals surface area contributed by atoms with E-state index in [1.807, 2.05) is 19.2 Å². The second-order valence-electron chi connectivity index (χ2n) is 4.83. The molecule has 0 saturated heterocycles. The molecule has 1 aromatic carbocycles. The maximum absolute atomic E-state index is 4.53. The molecule has 3 aromatic rings. The van der Waals surface area contributed by atoms with E-state index in [2.05, 4.69) is 57.1 Å². The van der Waals surface area contributed by atoms with Crippen molar-refractivity contribution < 1.29 is 0 Å². The molecule has 20 heavy (non-hydrogen) atoms. The van der Waals surface area contributed by atoms with Gasteiger partial charge in [-0.1, -0.05) is 30.3 Å². The Morgan fingerprint density at radius 2 is 2.00 bits per heavy atom. The maximum Gasteiger partial charge on any atom is 0.178 e. The Kier molecular flexibility index (Phi) is 3.37. The lowest BCUT2D eigenvalue weighted by molar-refractivity contribution is 0.786. The lowest BCUT2D eigenvalue weighted by Gasteiger charge is -2.08. The molecule has 0 spiro atoms. The minimum Gasteiger partial charge on any atom is -0.384 e. The fraction of sp³-hybridized carbons (Fsp3) is 0.250. The van der Waals surface area contributed by atoms with Gasteiger partial charge in [-0.2, -0.15) is 0 Å². The Morgan fingerprint density at radius 3 is 2.75 bits per heavy atom. The molecule has 0 amide bonds. The standard InChI is InChI=1S/C16H18N4/c1-3-17-14-9-15-16(18-10-14)19-12(2)20(15)11-13-7-5-4-6-8-13/h4-10,17H,3,11H2,1-2H3. The van der Waals surface area contributed by atoms with E-state index in [4.69, 9.17) is 0 Å². The van der Waals surface area contributed by atoms with Crippen LogP contribution in [0.3, 0.4) is 0 Å². The second kappa shape index (κ2) is 5.33. The van der Waals surface area contributed by atoms with Crippen LogP contribution in [0.25, 0.3) is 11.2 Å². The number of pyridine rings is 1. The first-order chi connectivity index (χ1) is 9.78. The largest absolute Gasteiger partial charge is 0.384 e. The minimum absolute atomic E-state index is 0.806. The van der Waals surface area contributed by atoms with Crippen molar-refractivity contribution in [1.82, 2.24) is 14.5 Å². The average Bonchev–Trinajstić information content (AvgIpc) is 2.77. The number of aryl methyl sites for hydroxylation is 1. The number of benzene rings is 1. The third-order valence-corrected chi connectivity index (χ3v) is 3.36. The fourth-order valence-corrected chi connectivity index (χ4v) is 2.39. The van der Waals surface area contributed by atoms with E-state index < -0.39 is 0 Å². The monoisotopic (exact) mass is 266 g/mol. The van der Waals surface area contributed by atoms with Crippen molar-refractivity contribution in [3.05, 3.63) is 54.0 Å². The van der Waals surface area contributed by atoms with Gasteiger partial charge < -0.3 is 9.88 Å². The number of imidazole rings is 1. The topological polar surface area (TPSA) is 42.7 Å². The molecule has 2 aromatic heterocycles. The third-order valence-electron chi connectivity index (χ3n) is 3.36. The summed E-state index contributed by atoms with van der Waals surface area (Å²) in [6.45, 7) is 5.81. The van der Waals surface area contributed by atoms with Crippen molar-refractivity contribution >= 4 is 16.9 Å². The summed E-state index contributed by atoms with van der Waals surface area (Å²) in [6, 6.07) is 12.5. The molecule has 0 aliphatic carbocycles. The number of rotatable bonds is 4. The normalized spacial score (nSPS) is 10.9. The summed E-state index contributed by atoms with van der Waals surface area (Å²) in [5.74, 6) is 0.991. The molecule has 0 radical (unpaired) electrons. The maximum atomic E-state index is 4.53. The van der Waals surface area contributed by atoms with Gasteiger partial charge in [0.25, 0.3) is 0 Å². The zero-order chi connectivity index (χ0) is 13.9. The molecule has 0 bridgehead atoms. The van der Waals surface area contributed by atoms with E-state index in [1.165, 1.54) is 5.56 Å². The van der Waals surface area contributed by atoms with Gasteiger partial charge in [0.05, 0.1) is 17.4 Å². The average molecular weight is 266 g/mol. The van der Waals surface area contributed by atoms with Gasteiger partial charge in [-0.05, 0) is 25.5 Å². The van der Waals surface area contributed by atoms with Gasteiger partial charge in [0.15, 0.2) is 5.65 Å². The molecule has 102 valence electrons. The summed E-state index contributed by atoms with van der Waals surface area (Å²) in [6.07, 6.45) is 1.84. The van der Waals surface area contributed by atoms with Crippen LogP contribution in [0.15, 0.2) is 42.6 Å². The Hall–Kier alpha value is -2.36. The Balaban J connectivity index is 2.04. The zero-order valence-corrected chi connectivity index (χ0v) is 11.8. The summed E-state index contributed by atoms with van der Waals surface area (Å²) in [5, 5.41) is 3.30. The molecule has 2 heterocycles. The molecule has 0 atom stereocenters. The SMILES string of the molecule is CCNc1cnc2nc(C)n(Cc3ccccc3)c2c1. The second-order valence-corrected chi connectivity index (χ2v) is 4.83. The molecule has 0 aliphatic heterocycles. The molecule has 0 aliphatic rings. The van der Waals surface area contributed by atoms with E-state index in [0.717, 1.165) is 35.8 Å². The number of hydrogen-bond acceptors (Lipinski definition) is 3. The lowest BCUT2D eigenvalue weighted by Crippen LogP contribution is -2.02. The van der Waals surface area contributed by atoms with Gasteiger partial charge in [-0.15, -0.1) is 0 Å². The summed E-state index contributed by atoms with van der Waals surface area (Å²) in [4.78, 5) is 8.96. The van der Waals surface area contributed by atoms with Crippen LogP contribution in [-0.2, 0) is 6.54 Å². The van der Waals surface area contributed by atoms with Crippen LogP contribution in [0.2, 0.25) is 0 Å². The Labute approximate surface area is 118 Å². The molecule has 0 saturated carbocycles. The van der Waals surface area contributed by atoms with Gasteiger partial charge in [-0.3, -0.25) is 0 Å². The van der Waals surface area contributed by atoms with Gasteiger partial charge in [0, 0.05) is 13.1 Å². The Bertz CT molecular complexity index is 716. The molecule has 1 N–H and O–H groups in total. The predicted octanol–water partition coefficient (Wildman–Crippen LogP) is 3.22. The first kappa shape index (κ1) is 12.7. The van der Waals surface area contributed by atoms with E-state index in [1.54, 1.807) is 0 Å². The van der Waals surface area contributed by atoms with Crippen molar-refractivity contribution in [3.63, 3.8) is 0 Å². The smallest absolute Gasteiger partial charge is 0.178 e. The number of fused-ring (bicyclic) bond motifs is 1. The molecule has 0 fully saturated rings. The first-order valence-corrected chi connectivity index (χ1v) is 6.88. The highest BCUT2D eigenvalue weighted by molar-refractivity contribution is 5.75. The van der Waals surface area contributed by atoms with Crippen molar-refractivity contribution in [2.45, 2.75) is 20.4 Å². The highest BCUT2D eigenvalue weighted by atomic mass is 15.1. The quantitative estimate of drug-likeness (QED) is 0.788. The van der Waals surface area contributed by atoms with E-state index in [9.17, 15) is 0 Å². The van der Waals surface area contributed by atoms with E-state index >= 15 is 0 Å². The van der Waals surface area contributed by atoms with Crippen molar-refractivity contribution in [2.24, 2.45) is 0 Å². The number of anilines is 1. The first-order valence-electron chi connectivity index (χ1n) is 6.88. The van der Waals surface area contributed by atoms with Crippen molar-refractivity contribution in [2.75, 3.05) is 11.9 Å². The van der Waals surface area contributed by atoms with Crippen LogP contribution in [0.4, 0.5) is 5.69 Å².